The molecule has 0 atom stereocenters. The maximum Gasteiger partial charge on any atom is 0.257 e. The molecule has 0 fully saturated rings. The number of hydrogen-bond donors (Lipinski definition) is 3. The van der Waals surface area contributed by atoms with Crippen LogP contribution in [0.2, 0.25) is 0 Å². The van der Waals surface area contributed by atoms with Crippen molar-refractivity contribution in [3.8, 4) is 5.75 Å². The smallest absolute Gasteiger partial charge is 0.257 e. The third-order valence-electron chi connectivity index (χ3n) is 4.84. The van der Waals surface area contributed by atoms with E-state index in [0.717, 1.165) is 18.4 Å². The highest BCUT2D eigenvalue weighted by Crippen LogP contribution is 2.26. The maximum atomic E-state index is 12.7. The summed E-state index contributed by atoms with van der Waals surface area (Å²) < 4.78 is 6.30. The Morgan fingerprint density at radius 3 is 2.44 bits per heavy atom. The minimum absolute atomic E-state index is 0.0944. The molecule has 0 bridgehead atoms. The number of benzene rings is 3. The summed E-state index contributed by atoms with van der Waals surface area (Å²) in [5, 5.41) is 8.63. The van der Waals surface area contributed by atoms with E-state index in [-0.39, 0.29) is 16.9 Å². The van der Waals surface area contributed by atoms with Crippen LogP contribution in [0.1, 0.15) is 39.6 Å². The van der Waals surface area contributed by atoms with Crippen LogP contribution < -0.4 is 20.7 Å². The van der Waals surface area contributed by atoms with Crippen LogP contribution in [-0.2, 0) is 6.42 Å². The predicted molar refractivity (Wildman–Crippen MR) is 143 cm³/mol. The number of ether oxygens (including phenoxy) is 1. The molecule has 2 amide bonds. The lowest BCUT2D eigenvalue weighted by Gasteiger charge is -2.14. The topological polar surface area (TPSA) is 79.5 Å². The molecule has 0 saturated carbocycles. The van der Waals surface area contributed by atoms with Gasteiger partial charge in [-0.2, -0.15) is 0 Å². The molecule has 8 heteroatoms. The van der Waals surface area contributed by atoms with Crippen LogP contribution in [0.5, 0.6) is 5.75 Å². The van der Waals surface area contributed by atoms with E-state index in [2.05, 4.69) is 31.9 Å². The summed E-state index contributed by atoms with van der Waals surface area (Å²) in [4.78, 5) is 25.4. The first-order valence-electron chi connectivity index (χ1n) is 10.9. The maximum absolute atomic E-state index is 12.7. The van der Waals surface area contributed by atoms with Crippen molar-refractivity contribution in [1.29, 1.82) is 0 Å². The van der Waals surface area contributed by atoms with Gasteiger partial charge >= 0.3 is 0 Å². The number of rotatable bonds is 9. The molecule has 3 aromatic carbocycles. The number of anilines is 1. The Hall–Kier alpha value is -3.23. The number of carbonyl (C=O) groups is 2. The number of para-hydroxylation sites is 1. The fourth-order valence-corrected chi connectivity index (χ4v) is 3.85. The molecule has 0 radical (unpaired) electrons. The molecule has 0 saturated heterocycles. The first kappa shape index (κ1) is 25.4. The van der Waals surface area contributed by atoms with Crippen molar-refractivity contribution >= 4 is 50.8 Å². The van der Waals surface area contributed by atoms with Gasteiger partial charge in [-0.1, -0.05) is 49.4 Å². The van der Waals surface area contributed by atoms with Gasteiger partial charge in [0.2, 0.25) is 0 Å². The number of amides is 2. The van der Waals surface area contributed by atoms with E-state index in [0.29, 0.717) is 40.2 Å². The second-order valence-electron chi connectivity index (χ2n) is 7.44. The standard InChI is InChI=1S/C26H26BrN3O3S/c1-2-16-33-23-13-12-19(17-21(23)27)24(31)30-26(34)29-22-11-7-6-10-20(22)25(32)28-15-14-18-8-4-3-5-9-18/h3-13,17H,2,14-16H2,1H3,(H,28,32)(H2,29,30,31,34). The van der Waals surface area contributed by atoms with Gasteiger partial charge in [-0.15, -0.1) is 0 Å². The largest absolute Gasteiger partial charge is 0.492 e. The minimum atomic E-state index is -0.370. The Kier molecular flexibility index (Phi) is 9.61. The lowest BCUT2D eigenvalue weighted by molar-refractivity contribution is 0.0953. The summed E-state index contributed by atoms with van der Waals surface area (Å²) in [5.74, 6) is 0.0797. The molecule has 0 aliphatic heterocycles. The van der Waals surface area contributed by atoms with Crippen LogP contribution in [0, 0.1) is 0 Å². The molecule has 3 rings (SSSR count). The Bertz CT molecular complexity index is 1160. The van der Waals surface area contributed by atoms with Crippen LogP contribution in [0.15, 0.2) is 77.3 Å². The molecule has 0 aliphatic carbocycles. The van der Waals surface area contributed by atoms with Crippen LogP contribution in [0.25, 0.3) is 0 Å². The zero-order valence-corrected chi connectivity index (χ0v) is 21.2. The van der Waals surface area contributed by atoms with E-state index in [1.165, 1.54) is 0 Å². The molecular weight excluding hydrogens is 514 g/mol. The van der Waals surface area contributed by atoms with Crippen molar-refractivity contribution in [2.75, 3.05) is 18.5 Å². The van der Waals surface area contributed by atoms with Crippen molar-refractivity contribution in [2.24, 2.45) is 0 Å². The summed E-state index contributed by atoms with van der Waals surface area (Å²) in [7, 11) is 0. The molecule has 3 aromatic rings. The molecule has 0 spiro atoms. The molecule has 176 valence electrons. The van der Waals surface area contributed by atoms with Crippen LogP contribution in [0.4, 0.5) is 5.69 Å². The molecular formula is C26H26BrN3O3S. The minimum Gasteiger partial charge on any atom is -0.492 e. The molecule has 0 unspecified atom stereocenters. The molecule has 0 aromatic heterocycles. The number of carbonyl (C=O) groups excluding carboxylic acids is 2. The van der Waals surface area contributed by atoms with Crippen molar-refractivity contribution in [1.82, 2.24) is 10.6 Å². The summed E-state index contributed by atoms with van der Waals surface area (Å²) in [5.41, 5.74) is 2.52. The van der Waals surface area contributed by atoms with Gasteiger partial charge in [0.25, 0.3) is 11.8 Å². The van der Waals surface area contributed by atoms with Crippen LogP contribution in [-0.4, -0.2) is 30.1 Å². The second-order valence-corrected chi connectivity index (χ2v) is 8.70. The third-order valence-corrected chi connectivity index (χ3v) is 5.67. The summed E-state index contributed by atoms with van der Waals surface area (Å²) in [6.45, 7) is 3.12. The summed E-state index contributed by atoms with van der Waals surface area (Å²) in [6, 6.07) is 22.0. The van der Waals surface area contributed by atoms with Gasteiger partial charge < -0.3 is 15.4 Å². The lowest BCUT2D eigenvalue weighted by atomic mass is 10.1. The Balaban J connectivity index is 1.58. The van der Waals surface area contributed by atoms with Crippen molar-refractivity contribution in [2.45, 2.75) is 19.8 Å². The SMILES string of the molecule is CCCOc1ccc(C(=O)NC(=S)Nc2ccccc2C(=O)NCCc2ccccc2)cc1Br. The zero-order chi connectivity index (χ0) is 24.3. The number of nitrogens with one attached hydrogen (secondary N) is 3. The Labute approximate surface area is 213 Å². The van der Waals surface area contributed by atoms with Gasteiger partial charge in [-0.25, -0.2) is 0 Å². The Morgan fingerprint density at radius 1 is 0.971 bits per heavy atom. The van der Waals surface area contributed by atoms with Gasteiger partial charge in [0.05, 0.1) is 22.3 Å². The van der Waals surface area contributed by atoms with Gasteiger partial charge in [-0.3, -0.25) is 14.9 Å². The normalized spacial score (nSPS) is 10.3. The van der Waals surface area contributed by atoms with Crippen LogP contribution in [0.3, 0.4) is 0 Å². The monoisotopic (exact) mass is 539 g/mol. The van der Waals surface area contributed by atoms with E-state index in [9.17, 15) is 9.59 Å². The highest BCUT2D eigenvalue weighted by atomic mass is 79.9. The van der Waals surface area contributed by atoms with Gasteiger partial charge in [0.1, 0.15) is 5.75 Å². The van der Waals surface area contributed by atoms with Gasteiger partial charge in [0, 0.05) is 12.1 Å². The van der Waals surface area contributed by atoms with Crippen molar-refractivity contribution < 1.29 is 14.3 Å². The van der Waals surface area contributed by atoms with Crippen molar-refractivity contribution in [3.63, 3.8) is 0 Å². The quantitative estimate of drug-likeness (QED) is 0.320. The van der Waals surface area contributed by atoms with E-state index >= 15 is 0 Å². The highest BCUT2D eigenvalue weighted by Gasteiger charge is 2.14. The summed E-state index contributed by atoms with van der Waals surface area (Å²) >= 11 is 8.74. The van der Waals surface area contributed by atoms with E-state index < -0.39 is 0 Å². The molecule has 3 N–H and O–H groups in total. The van der Waals surface area contributed by atoms with E-state index in [1.54, 1.807) is 42.5 Å². The highest BCUT2D eigenvalue weighted by molar-refractivity contribution is 9.10. The average molecular weight is 540 g/mol. The average Bonchev–Trinajstić information content (AvgIpc) is 2.84. The van der Waals surface area contributed by atoms with Crippen molar-refractivity contribution in [3.05, 3.63) is 94.0 Å². The number of halogens is 1. The van der Waals surface area contributed by atoms with Gasteiger partial charge in [0.15, 0.2) is 5.11 Å². The molecule has 34 heavy (non-hydrogen) atoms. The number of hydrogen-bond acceptors (Lipinski definition) is 4. The number of thiocarbonyl (C=S) groups is 1. The van der Waals surface area contributed by atoms with Crippen LogP contribution >= 0.6 is 28.1 Å². The van der Waals surface area contributed by atoms with E-state index in [1.807, 2.05) is 37.3 Å². The lowest BCUT2D eigenvalue weighted by Crippen LogP contribution is -2.35. The second kappa shape index (κ2) is 12.9. The fraction of sp³-hybridized carbons (Fsp3) is 0.192. The fourth-order valence-electron chi connectivity index (χ4n) is 3.15. The zero-order valence-electron chi connectivity index (χ0n) is 18.8. The first-order chi connectivity index (χ1) is 16.5. The third kappa shape index (κ3) is 7.40. The first-order valence-corrected chi connectivity index (χ1v) is 12.1. The molecule has 0 aliphatic rings. The predicted octanol–water partition coefficient (Wildman–Crippen LogP) is 5.34. The van der Waals surface area contributed by atoms with E-state index in [4.69, 9.17) is 17.0 Å². The molecule has 0 heterocycles. The molecule has 6 nitrogen and oxygen atoms in total. The summed E-state index contributed by atoms with van der Waals surface area (Å²) in [6.07, 6.45) is 1.62. The Morgan fingerprint density at radius 2 is 1.71 bits per heavy atom. The van der Waals surface area contributed by atoms with Gasteiger partial charge in [-0.05, 0) is 76.9 Å².